The van der Waals surface area contributed by atoms with Gasteiger partial charge in [-0.3, -0.25) is 4.79 Å². The Bertz CT molecular complexity index is 335. The lowest BCUT2D eigenvalue weighted by atomic mass is 9.82. The van der Waals surface area contributed by atoms with Crippen LogP contribution in [0.25, 0.3) is 0 Å². The van der Waals surface area contributed by atoms with E-state index in [0.717, 1.165) is 25.8 Å². The Balaban J connectivity index is 1.67. The van der Waals surface area contributed by atoms with E-state index in [1.165, 1.54) is 12.0 Å². The van der Waals surface area contributed by atoms with Crippen LogP contribution in [0.5, 0.6) is 0 Å². The second-order valence-electron chi connectivity index (χ2n) is 4.50. The van der Waals surface area contributed by atoms with Crippen LogP contribution in [0.3, 0.4) is 0 Å². The summed E-state index contributed by atoms with van der Waals surface area (Å²) in [6.07, 6.45) is 15.0. The Labute approximate surface area is 97.1 Å². The summed E-state index contributed by atoms with van der Waals surface area (Å²) in [5.41, 5.74) is 1.27. The molecule has 0 radical (unpaired) electrons. The van der Waals surface area contributed by atoms with Crippen LogP contribution in [0.4, 0.5) is 0 Å². The van der Waals surface area contributed by atoms with Gasteiger partial charge in [0.25, 0.3) is 0 Å². The minimum atomic E-state index is 0.354. The summed E-state index contributed by atoms with van der Waals surface area (Å²) < 4.78 is 0. The standard InChI is InChI=1S/C14H19NO/c16-14(13-8-5-9-13)11-15-10-12-6-3-1-2-4-7-12/h1-3,6-7,13,15H,4-5,8-11H2. The van der Waals surface area contributed by atoms with Gasteiger partial charge in [0, 0.05) is 12.5 Å². The SMILES string of the molecule is O=C(CNCC1=CCC=CC=C1)C1CCC1. The number of carbonyl (C=O) groups excluding carboxylic acids is 1. The van der Waals surface area contributed by atoms with Crippen molar-refractivity contribution in [1.29, 1.82) is 0 Å². The van der Waals surface area contributed by atoms with Crippen LogP contribution in [0.15, 0.2) is 36.0 Å². The van der Waals surface area contributed by atoms with Crippen molar-refractivity contribution in [3.63, 3.8) is 0 Å². The molecule has 2 heteroatoms. The van der Waals surface area contributed by atoms with E-state index in [2.05, 4.69) is 29.6 Å². The van der Waals surface area contributed by atoms with Gasteiger partial charge < -0.3 is 5.32 Å². The van der Waals surface area contributed by atoms with Gasteiger partial charge in [0.15, 0.2) is 0 Å². The highest BCUT2D eigenvalue weighted by atomic mass is 16.1. The maximum absolute atomic E-state index is 11.6. The van der Waals surface area contributed by atoms with E-state index < -0.39 is 0 Å². The molecule has 2 nitrogen and oxygen atoms in total. The van der Waals surface area contributed by atoms with E-state index in [1.807, 2.05) is 6.08 Å². The number of hydrogen-bond donors (Lipinski definition) is 1. The molecule has 0 spiro atoms. The normalized spacial score (nSPS) is 20.1. The van der Waals surface area contributed by atoms with Crippen molar-refractivity contribution in [3.05, 3.63) is 36.0 Å². The summed E-state index contributed by atoms with van der Waals surface area (Å²) in [5.74, 6) is 0.746. The summed E-state index contributed by atoms with van der Waals surface area (Å²) in [5, 5.41) is 3.23. The Hall–Kier alpha value is -1.15. The van der Waals surface area contributed by atoms with Crippen LogP contribution in [0, 0.1) is 5.92 Å². The van der Waals surface area contributed by atoms with Crippen LogP contribution in [0.2, 0.25) is 0 Å². The van der Waals surface area contributed by atoms with Gasteiger partial charge >= 0.3 is 0 Å². The fraction of sp³-hybridized carbons (Fsp3) is 0.500. The molecule has 1 N–H and O–H groups in total. The van der Waals surface area contributed by atoms with Crippen molar-refractivity contribution < 1.29 is 4.79 Å². The number of allylic oxidation sites excluding steroid dienone is 4. The monoisotopic (exact) mass is 217 g/mol. The molecule has 2 aliphatic rings. The summed E-state index contributed by atoms with van der Waals surface area (Å²) in [7, 11) is 0. The first-order valence-corrected chi connectivity index (χ1v) is 6.12. The van der Waals surface area contributed by atoms with Crippen LogP contribution >= 0.6 is 0 Å². The number of hydrogen-bond acceptors (Lipinski definition) is 2. The molecular weight excluding hydrogens is 198 g/mol. The van der Waals surface area contributed by atoms with E-state index in [0.29, 0.717) is 18.2 Å². The molecule has 0 unspecified atom stereocenters. The molecule has 0 aliphatic heterocycles. The molecule has 0 amide bonds. The third-order valence-corrected chi connectivity index (χ3v) is 3.26. The Morgan fingerprint density at radius 3 is 3.00 bits per heavy atom. The highest BCUT2D eigenvalue weighted by molar-refractivity contribution is 5.83. The number of nitrogens with one attached hydrogen (secondary N) is 1. The molecule has 0 saturated heterocycles. The van der Waals surface area contributed by atoms with Crippen molar-refractivity contribution in [2.24, 2.45) is 5.92 Å². The van der Waals surface area contributed by atoms with Crippen LogP contribution in [-0.2, 0) is 4.79 Å². The largest absolute Gasteiger partial charge is 0.306 e. The molecule has 0 heterocycles. The third kappa shape index (κ3) is 3.17. The number of ketones is 1. The van der Waals surface area contributed by atoms with Gasteiger partial charge in [-0.2, -0.15) is 0 Å². The topological polar surface area (TPSA) is 29.1 Å². The van der Waals surface area contributed by atoms with Gasteiger partial charge in [0.2, 0.25) is 0 Å². The number of rotatable bonds is 5. The zero-order chi connectivity index (χ0) is 11.2. The first-order valence-electron chi connectivity index (χ1n) is 6.12. The molecule has 0 aromatic heterocycles. The van der Waals surface area contributed by atoms with Crippen molar-refractivity contribution in [2.45, 2.75) is 25.7 Å². The molecular formula is C14H19NO. The van der Waals surface area contributed by atoms with Gasteiger partial charge in [-0.05, 0) is 24.8 Å². The quantitative estimate of drug-likeness (QED) is 0.766. The van der Waals surface area contributed by atoms with E-state index in [1.54, 1.807) is 0 Å². The Morgan fingerprint density at radius 1 is 1.38 bits per heavy atom. The van der Waals surface area contributed by atoms with E-state index in [-0.39, 0.29) is 0 Å². The molecule has 1 fully saturated rings. The molecule has 2 aliphatic carbocycles. The first kappa shape index (κ1) is 11.3. The Morgan fingerprint density at radius 2 is 2.25 bits per heavy atom. The molecule has 0 bridgehead atoms. The second kappa shape index (κ2) is 5.80. The number of Topliss-reactive ketones (excluding diaryl/α,β-unsaturated/α-hetero) is 1. The third-order valence-electron chi connectivity index (χ3n) is 3.26. The van der Waals surface area contributed by atoms with E-state index in [4.69, 9.17) is 0 Å². The first-order chi connectivity index (χ1) is 7.86. The van der Waals surface area contributed by atoms with Crippen molar-refractivity contribution >= 4 is 5.78 Å². The molecule has 1 saturated carbocycles. The maximum Gasteiger partial charge on any atom is 0.149 e. The second-order valence-corrected chi connectivity index (χ2v) is 4.50. The van der Waals surface area contributed by atoms with Gasteiger partial charge in [-0.15, -0.1) is 0 Å². The molecule has 2 rings (SSSR count). The van der Waals surface area contributed by atoms with Gasteiger partial charge in [0.05, 0.1) is 6.54 Å². The van der Waals surface area contributed by atoms with Crippen molar-refractivity contribution in [2.75, 3.05) is 13.1 Å². The van der Waals surface area contributed by atoms with Gasteiger partial charge in [-0.1, -0.05) is 36.8 Å². The molecule has 0 aromatic carbocycles. The van der Waals surface area contributed by atoms with E-state index in [9.17, 15) is 4.79 Å². The summed E-state index contributed by atoms with van der Waals surface area (Å²) in [6.45, 7) is 1.33. The van der Waals surface area contributed by atoms with Gasteiger partial charge in [-0.25, -0.2) is 0 Å². The van der Waals surface area contributed by atoms with Crippen LogP contribution in [0.1, 0.15) is 25.7 Å². The summed E-state index contributed by atoms with van der Waals surface area (Å²) >= 11 is 0. The lowest BCUT2D eigenvalue weighted by molar-refractivity contribution is -0.124. The minimum absolute atomic E-state index is 0.354. The predicted molar refractivity (Wildman–Crippen MR) is 66.2 cm³/mol. The minimum Gasteiger partial charge on any atom is -0.306 e. The lowest BCUT2D eigenvalue weighted by Gasteiger charge is -2.23. The highest BCUT2D eigenvalue weighted by Crippen LogP contribution is 2.26. The van der Waals surface area contributed by atoms with E-state index >= 15 is 0 Å². The highest BCUT2D eigenvalue weighted by Gasteiger charge is 2.24. The molecule has 0 atom stereocenters. The van der Waals surface area contributed by atoms with Crippen molar-refractivity contribution in [3.8, 4) is 0 Å². The zero-order valence-electron chi connectivity index (χ0n) is 9.61. The average Bonchev–Trinajstić information content (AvgIpc) is 2.43. The average molecular weight is 217 g/mol. The zero-order valence-corrected chi connectivity index (χ0v) is 9.61. The molecule has 0 aromatic rings. The number of carbonyl (C=O) groups is 1. The Kier molecular flexibility index (Phi) is 4.11. The molecule has 86 valence electrons. The van der Waals surface area contributed by atoms with Crippen molar-refractivity contribution in [1.82, 2.24) is 5.32 Å². The smallest absolute Gasteiger partial charge is 0.149 e. The molecule has 16 heavy (non-hydrogen) atoms. The lowest BCUT2D eigenvalue weighted by Crippen LogP contribution is -2.32. The predicted octanol–water partition coefficient (Wildman–Crippen LogP) is 2.39. The van der Waals surface area contributed by atoms with Crippen LogP contribution in [-0.4, -0.2) is 18.9 Å². The maximum atomic E-state index is 11.6. The van der Waals surface area contributed by atoms with Gasteiger partial charge in [0.1, 0.15) is 5.78 Å². The summed E-state index contributed by atoms with van der Waals surface area (Å²) in [6, 6.07) is 0. The summed E-state index contributed by atoms with van der Waals surface area (Å²) in [4.78, 5) is 11.6. The fourth-order valence-electron chi connectivity index (χ4n) is 1.96. The fourth-order valence-corrected chi connectivity index (χ4v) is 1.96. The van der Waals surface area contributed by atoms with Crippen LogP contribution < -0.4 is 5.32 Å².